The minimum absolute atomic E-state index is 0.0493. The van der Waals surface area contributed by atoms with Gasteiger partial charge in [-0.1, -0.05) is 20.8 Å². The minimum Gasteiger partial charge on any atom is -0.351 e. The van der Waals surface area contributed by atoms with Crippen molar-refractivity contribution in [3.63, 3.8) is 0 Å². The molecule has 1 N–H and O–H groups in total. The molecule has 0 aromatic rings. The molecule has 0 aliphatic carbocycles. The summed E-state index contributed by atoms with van der Waals surface area (Å²) in [5.74, 6) is -5.04. The summed E-state index contributed by atoms with van der Waals surface area (Å²) in [6, 6.07) is 0. The number of hydrogen-bond acceptors (Lipinski definition) is 13. The lowest BCUT2D eigenvalue weighted by atomic mass is 9.93. The smallest absolute Gasteiger partial charge is 0.338 e. The van der Waals surface area contributed by atoms with Gasteiger partial charge < -0.3 is 19.8 Å². The van der Waals surface area contributed by atoms with E-state index in [0.29, 0.717) is 15.2 Å². The molecule has 0 spiro atoms. The van der Waals surface area contributed by atoms with Crippen molar-refractivity contribution in [2.45, 2.75) is 126 Å². The molecule has 3 aliphatic heterocycles. The van der Waals surface area contributed by atoms with E-state index in [0.717, 1.165) is 0 Å². The van der Waals surface area contributed by atoms with Gasteiger partial charge in [0.15, 0.2) is 0 Å². The summed E-state index contributed by atoms with van der Waals surface area (Å²) in [6.45, 7) is 16.1. The van der Waals surface area contributed by atoms with Crippen LogP contribution in [0, 0.1) is 10.8 Å². The Balaban J connectivity index is 0.000000365. The highest BCUT2D eigenvalue weighted by Crippen LogP contribution is 2.21. The van der Waals surface area contributed by atoms with E-state index in [4.69, 9.17) is 9.68 Å². The van der Waals surface area contributed by atoms with Gasteiger partial charge in [-0.15, -0.1) is 15.2 Å². The van der Waals surface area contributed by atoms with E-state index in [9.17, 15) is 47.9 Å². The maximum atomic E-state index is 11.5. The fraction of sp³-hybridized carbons (Fsp3) is 0.677. The first-order valence-corrected chi connectivity index (χ1v) is 15.3. The number of amides is 7. The Hall–Kier alpha value is -4.70. The molecule has 0 saturated carbocycles. The third-order valence-corrected chi connectivity index (χ3v) is 5.94. The van der Waals surface area contributed by atoms with Gasteiger partial charge in [0, 0.05) is 50.5 Å². The molecular formula is C31H46N4O13. The van der Waals surface area contributed by atoms with E-state index in [1.165, 1.54) is 0 Å². The molecule has 0 aromatic heterocycles. The van der Waals surface area contributed by atoms with Crippen molar-refractivity contribution in [3.05, 3.63) is 0 Å². The van der Waals surface area contributed by atoms with Gasteiger partial charge in [0.1, 0.15) is 0 Å². The Labute approximate surface area is 278 Å². The van der Waals surface area contributed by atoms with Crippen LogP contribution in [0.4, 0.5) is 0 Å². The number of imide groups is 3. The van der Waals surface area contributed by atoms with Crippen LogP contribution in [0.25, 0.3) is 0 Å². The van der Waals surface area contributed by atoms with E-state index in [1.807, 2.05) is 41.5 Å². The fourth-order valence-corrected chi connectivity index (χ4v) is 3.60. The molecule has 3 rings (SSSR count). The molecule has 3 aliphatic rings. The van der Waals surface area contributed by atoms with Gasteiger partial charge in [0.25, 0.3) is 35.4 Å². The second-order valence-electron chi connectivity index (χ2n) is 14.3. The van der Waals surface area contributed by atoms with Gasteiger partial charge >= 0.3 is 17.9 Å². The Kier molecular flexibility index (Phi) is 14.6. The van der Waals surface area contributed by atoms with Crippen molar-refractivity contribution in [2.24, 2.45) is 10.8 Å². The van der Waals surface area contributed by atoms with Crippen LogP contribution in [0.1, 0.15) is 120 Å². The fourth-order valence-electron chi connectivity index (χ4n) is 3.60. The summed E-state index contributed by atoms with van der Waals surface area (Å²) in [5.41, 5.74) is -1.31. The van der Waals surface area contributed by atoms with Crippen molar-refractivity contribution < 1.29 is 62.5 Å². The molecule has 0 atom stereocenters. The van der Waals surface area contributed by atoms with E-state index in [-0.39, 0.29) is 74.6 Å². The molecule has 3 heterocycles. The zero-order chi connectivity index (χ0) is 37.2. The third-order valence-electron chi connectivity index (χ3n) is 5.94. The van der Waals surface area contributed by atoms with Crippen molar-refractivity contribution in [1.82, 2.24) is 20.5 Å². The molecule has 0 aromatic carbocycles. The first-order chi connectivity index (χ1) is 21.8. The molecule has 0 bridgehead atoms. The first-order valence-electron chi connectivity index (χ1n) is 15.3. The maximum Gasteiger partial charge on any atom is 0.338 e. The molecule has 3 saturated heterocycles. The summed E-state index contributed by atoms with van der Waals surface area (Å²) in [7, 11) is 0. The van der Waals surface area contributed by atoms with Gasteiger partial charge in [0.05, 0.1) is 18.3 Å². The largest absolute Gasteiger partial charge is 0.351 e. The van der Waals surface area contributed by atoms with Crippen LogP contribution in [-0.2, 0) is 62.5 Å². The molecule has 17 heteroatoms. The first kappa shape index (κ1) is 41.3. The van der Waals surface area contributed by atoms with Crippen LogP contribution in [0.15, 0.2) is 0 Å². The highest BCUT2D eigenvalue weighted by molar-refractivity contribution is 6.03. The molecule has 7 amide bonds. The summed E-state index contributed by atoms with van der Waals surface area (Å²) in [5, 5.41) is 4.31. The number of carbonyl (C=O) groups is 10. The number of hydroxylamine groups is 6. The van der Waals surface area contributed by atoms with E-state index >= 15 is 0 Å². The third kappa shape index (κ3) is 14.8. The van der Waals surface area contributed by atoms with Gasteiger partial charge in [-0.2, -0.15) is 0 Å². The summed E-state index contributed by atoms with van der Waals surface area (Å²) < 4.78 is 0. The Morgan fingerprint density at radius 1 is 0.542 bits per heavy atom. The van der Waals surface area contributed by atoms with Crippen LogP contribution in [0.2, 0.25) is 0 Å². The topological polar surface area (TPSA) is 220 Å². The predicted molar refractivity (Wildman–Crippen MR) is 162 cm³/mol. The molecular weight excluding hydrogens is 636 g/mol. The molecule has 0 unspecified atom stereocenters. The van der Waals surface area contributed by atoms with Crippen molar-refractivity contribution in [3.8, 4) is 0 Å². The molecule has 0 radical (unpaired) electrons. The normalized spacial score (nSPS) is 16.6. The lowest BCUT2D eigenvalue weighted by Crippen LogP contribution is -2.40. The number of carbonyl (C=O) groups excluding carboxylic acids is 10. The highest BCUT2D eigenvalue weighted by Gasteiger charge is 2.36. The molecule has 268 valence electrons. The van der Waals surface area contributed by atoms with Gasteiger partial charge in [-0.3, -0.25) is 33.6 Å². The van der Waals surface area contributed by atoms with Gasteiger partial charge in [-0.25, -0.2) is 14.4 Å². The average Bonchev–Trinajstić information content (AvgIpc) is 3.53. The number of nitrogens with zero attached hydrogens (tertiary/aromatic N) is 3. The zero-order valence-corrected chi connectivity index (χ0v) is 29.0. The molecule has 3 fully saturated rings. The number of nitrogens with one attached hydrogen (secondary N) is 1. The monoisotopic (exact) mass is 682 g/mol. The SMILES string of the molecule is CC(C)(C)C(=O)ON1C(=O)CCC1=O.CC(C)(C)CC(=O)ON1C(=O)CCC1=O.CC(C)(C)NC(=O)CCC(=O)ON1C(=O)CCC1=O. The minimum atomic E-state index is -0.771. The summed E-state index contributed by atoms with van der Waals surface area (Å²) >= 11 is 0. The van der Waals surface area contributed by atoms with Gasteiger partial charge in [-0.05, 0) is 47.0 Å². The summed E-state index contributed by atoms with van der Waals surface area (Å²) in [4.78, 5) is 126. The van der Waals surface area contributed by atoms with Crippen LogP contribution < -0.4 is 5.32 Å². The predicted octanol–water partition coefficient (Wildman–Crippen LogP) is 1.96. The lowest BCUT2D eigenvalue weighted by molar-refractivity contribution is -0.203. The van der Waals surface area contributed by atoms with E-state index < -0.39 is 58.8 Å². The Bertz CT molecular complexity index is 1270. The Morgan fingerprint density at radius 2 is 0.875 bits per heavy atom. The Morgan fingerprint density at radius 3 is 1.19 bits per heavy atom. The second kappa shape index (κ2) is 16.9. The molecule has 48 heavy (non-hydrogen) atoms. The van der Waals surface area contributed by atoms with Crippen molar-refractivity contribution in [2.75, 3.05) is 0 Å². The van der Waals surface area contributed by atoms with Crippen LogP contribution in [-0.4, -0.2) is 80.0 Å². The van der Waals surface area contributed by atoms with Gasteiger partial charge in [0.2, 0.25) is 5.91 Å². The van der Waals surface area contributed by atoms with Crippen LogP contribution in [0.3, 0.4) is 0 Å². The average molecular weight is 683 g/mol. The number of rotatable bonds is 7. The van der Waals surface area contributed by atoms with Crippen molar-refractivity contribution >= 4 is 59.3 Å². The highest BCUT2D eigenvalue weighted by atomic mass is 16.7. The second-order valence-corrected chi connectivity index (χ2v) is 14.3. The van der Waals surface area contributed by atoms with E-state index in [1.54, 1.807) is 20.8 Å². The number of hydrogen-bond donors (Lipinski definition) is 1. The zero-order valence-electron chi connectivity index (χ0n) is 29.0. The standard InChI is InChI=1S/C12H18N2O5.C10H15NO4.C9H13NO4/c1-12(2,3)13-8(15)4-7-11(18)19-14-9(16)5-6-10(14)17;1-10(2,3)6-9(14)15-11-7(12)4-5-8(11)13;1-9(2,3)8(13)14-10-6(11)4-5-7(10)12/h4-7H2,1-3H3,(H,13,15);4-6H2,1-3H3;4-5H2,1-3H3. The maximum absolute atomic E-state index is 11.5. The lowest BCUT2D eigenvalue weighted by Gasteiger charge is -2.20. The van der Waals surface area contributed by atoms with Crippen molar-refractivity contribution in [1.29, 1.82) is 0 Å². The summed E-state index contributed by atoms with van der Waals surface area (Å²) in [6.07, 6.45) is 0.540. The van der Waals surface area contributed by atoms with Crippen LogP contribution >= 0.6 is 0 Å². The quantitative estimate of drug-likeness (QED) is 0.380. The van der Waals surface area contributed by atoms with Crippen LogP contribution in [0.5, 0.6) is 0 Å². The van der Waals surface area contributed by atoms with E-state index in [2.05, 4.69) is 10.2 Å². The molecule has 17 nitrogen and oxygen atoms in total.